The molecule has 2 aromatic carbocycles. The fourth-order valence-corrected chi connectivity index (χ4v) is 4.72. The number of rotatable bonds is 9. The van der Waals surface area contributed by atoms with E-state index in [2.05, 4.69) is 18.1 Å². The Hall–Kier alpha value is -3.48. The number of allylic oxidation sites excluding steroid dienone is 2. The smallest absolute Gasteiger partial charge is 0.261 e. The first-order chi connectivity index (χ1) is 17.4. The molecule has 2 atom stereocenters. The van der Waals surface area contributed by atoms with E-state index < -0.39 is 6.10 Å². The first-order valence-electron chi connectivity index (χ1n) is 12.4. The van der Waals surface area contributed by atoms with E-state index in [0.29, 0.717) is 24.2 Å². The topological polar surface area (TPSA) is 70.1 Å². The molecule has 2 aliphatic rings. The molecule has 6 nitrogen and oxygen atoms in total. The van der Waals surface area contributed by atoms with E-state index in [1.807, 2.05) is 44.2 Å². The molecule has 2 amide bonds. The van der Waals surface area contributed by atoms with Gasteiger partial charge in [0.2, 0.25) is 0 Å². The third-order valence-corrected chi connectivity index (χ3v) is 6.49. The van der Waals surface area contributed by atoms with Crippen LogP contribution in [0.3, 0.4) is 0 Å². The van der Waals surface area contributed by atoms with Gasteiger partial charge in [0.25, 0.3) is 11.8 Å². The zero-order valence-electron chi connectivity index (χ0n) is 21.4. The summed E-state index contributed by atoms with van der Waals surface area (Å²) >= 11 is 0. The fraction of sp³-hybridized carbons (Fsp3) is 0.333. The average Bonchev–Trinajstić information content (AvgIpc) is 3.38. The number of carbonyl (C=O) groups excluding carboxylic acids is 2. The lowest BCUT2D eigenvalue weighted by molar-refractivity contribution is 0.0415. The van der Waals surface area contributed by atoms with E-state index in [1.165, 1.54) is 0 Å². The van der Waals surface area contributed by atoms with E-state index in [1.54, 1.807) is 37.5 Å². The number of fused-ring (bicyclic) bond motifs is 1. The number of aliphatic hydroxyl groups excluding tert-OH is 1. The summed E-state index contributed by atoms with van der Waals surface area (Å²) in [6.45, 7) is 12.9. The van der Waals surface area contributed by atoms with Crippen LogP contribution in [-0.4, -0.2) is 59.1 Å². The molecule has 0 aromatic heterocycles. The molecule has 1 saturated carbocycles. The second-order valence-corrected chi connectivity index (χ2v) is 8.79. The quantitative estimate of drug-likeness (QED) is 0.503. The van der Waals surface area contributed by atoms with Gasteiger partial charge in [-0.25, -0.2) is 0 Å². The molecule has 0 bridgehead atoms. The van der Waals surface area contributed by atoms with Crippen molar-refractivity contribution < 1.29 is 19.4 Å². The summed E-state index contributed by atoms with van der Waals surface area (Å²) in [5.41, 5.74) is 4.09. The number of amides is 2. The number of ether oxygens (including phenoxy) is 1. The Morgan fingerprint density at radius 3 is 2.25 bits per heavy atom. The SMILES string of the molecule is C=C/C=C1/CC(N(Cc2ccc(OC)cc2)CC(O)CN2C(=O)c3ccccc3C2=O)CC1=C.CC. The van der Waals surface area contributed by atoms with Gasteiger partial charge in [0, 0.05) is 19.1 Å². The Kier molecular flexibility index (Phi) is 9.39. The highest BCUT2D eigenvalue weighted by molar-refractivity contribution is 6.21. The van der Waals surface area contributed by atoms with Crippen molar-refractivity contribution in [2.45, 2.75) is 45.4 Å². The van der Waals surface area contributed by atoms with Gasteiger partial charge < -0.3 is 9.84 Å². The van der Waals surface area contributed by atoms with Gasteiger partial charge in [0.15, 0.2) is 0 Å². The number of nitrogens with zero attached hydrogens (tertiary/aromatic N) is 2. The molecule has 1 aliphatic carbocycles. The molecule has 1 aliphatic heterocycles. The average molecular weight is 489 g/mol. The summed E-state index contributed by atoms with van der Waals surface area (Å²) < 4.78 is 5.26. The summed E-state index contributed by atoms with van der Waals surface area (Å²) in [7, 11) is 1.63. The Labute approximate surface area is 214 Å². The number of benzene rings is 2. The predicted molar refractivity (Wildman–Crippen MR) is 143 cm³/mol. The monoisotopic (exact) mass is 488 g/mol. The second kappa shape index (κ2) is 12.5. The van der Waals surface area contributed by atoms with Gasteiger partial charge in [-0.15, -0.1) is 0 Å². The Bertz CT molecular complexity index is 1100. The lowest BCUT2D eigenvalue weighted by atomic mass is 10.1. The van der Waals surface area contributed by atoms with Crippen LogP contribution in [0.15, 0.2) is 85.0 Å². The lowest BCUT2D eigenvalue weighted by Crippen LogP contribution is -2.45. The van der Waals surface area contributed by atoms with Crippen molar-refractivity contribution in [3.8, 4) is 5.75 Å². The number of aliphatic hydroxyl groups is 1. The fourth-order valence-electron chi connectivity index (χ4n) is 4.72. The van der Waals surface area contributed by atoms with Gasteiger partial charge in [-0.2, -0.15) is 0 Å². The van der Waals surface area contributed by atoms with Crippen molar-refractivity contribution >= 4 is 11.8 Å². The first-order valence-corrected chi connectivity index (χ1v) is 12.4. The Balaban J connectivity index is 0.00000176. The summed E-state index contributed by atoms with van der Waals surface area (Å²) in [5, 5.41) is 11.0. The van der Waals surface area contributed by atoms with E-state index in [0.717, 1.165) is 40.2 Å². The molecule has 0 saturated heterocycles. The minimum atomic E-state index is -0.888. The molecular weight excluding hydrogens is 452 g/mol. The van der Waals surface area contributed by atoms with Crippen molar-refractivity contribution in [1.82, 2.24) is 9.80 Å². The molecule has 2 unspecified atom stereocenters. The molecule has 0 radical (unpaired) electrons. The minimum absolute atomic E-state index is 0.0471. The van der Waals surface area contributed by atoms with Gasteiger partial charge in [0.1, 0.15) is 5.75 Å². The first kappa shape index (κ1) is 27.1. The summed E-state index contributed by atoms with van der Waals surface area (Å²) in [6, 6.07) is 14.8. The predicted octanol–water partition coefficient (Wildman–Crippen LogP) is 5.01. The van der Waals surface area contributed by atoms with Crippen LogP contribution in [-0.2, 0) is 6.54 Å². The minimum Gasteiger partial charge on any atom is -0.497 e. The molecular formula is C30H36N2O4. The van der Waals surface area contributed by atoms with Gasteiger partial charge in [0.05, 0.1) is 30.9 Å². The van der Waals surface area contributed by atoms with E-state index >= 15 is 0 Å². The molecule has 36 heavy (non-hydrogen) atoms. The van der Waals surface area contributed by atoms with Crippen LogP contribution in [0.5, 0.6) is 5.75 Å². The number of imide groups is 1. The molecule has 2 aromatic rings. The summed E-state index contributed by atoms with van der Waals surface area (Å²) in [4.78, 5) is 28.8. The molecule has 4 rings (SSSR count). The van der Waals surface area contributed by atoms with Gasteiger partial charge in [-0.05, 0) is 48.2 Å². The van der Waals surface area contributed by atoms with Gasteiger partial charge in [-0.3, -0.25) is 19.4 Å². The van der Waals surface area contributed by atoms with Crippen molar-refractivity contribution in [3.05, 3.63) is 102 Å². The number of β-amino-alcohol motifs (C(OH)–C–C–N with tert-alkyl or cyclic N) is 1. The van der Waals surface area contributed by atoms with Crippen LogP contribution < -0.4 is 4.74 Å². The highest BCUT2D eigenvalue weighted by Crippen LogP contribution is 2.34. The molecule has 1 N–H and O–H groups in total. The Morgan fingerprint density at radius 1 is 1.08 bits per heavy atom. The number of hydrogen-bond acceptors (Lipinski definition) is 5. The molecule has 6 heteroatoms. The third-order valence-electron chi connectivity index (χ3n) is 6.49. The van der Waals surface area contributed by atoms with Crippen LogP contribution in [0.1, 0.15) is 53.0 Å². The normalized spacial score (nSPS) is 18.8. The standard InChI is InChI=1S/C28H30N2O4.C2H6/c1-4-7-21-15-22(14-19(21)2)29(16-20-10-12-24(34-3)13-11-20)17-23(31)18-30-27(32)25-8-5-6-9-26(25)28(30)33;1-2/h4-13,22-23,31H,1-2,14-18H2,3H3;1-2H3/b21-7-;. The molecule has 1 fully saturated rings. The highest BCUT2D eigenvalue weighted by atomic mass is 16.5. The van der Waals surface area contributed by atoms with Crippen LogP contribution in [0, 0.1) is 0 Å². The van der Waals surface area contributed by atoms with Crippen molar-refractivity contribution in [1.29, 1.82) is 0 Å². The van der Waals surface area contributed by atoms with Crippen LogP contribution in [0.4, 0.5) is 0 Å². The van der Waals surface area contributed by atoms with E-state index in [4.69, 9.17) is 4.74 Å². The van der Waals surface area contributed by atoms with Gasteiger partial charge in [-0.1, -0.05) is 69.0 Å². The van der Waals surface area contributed by atoms with E-state index in [-0.39, 0.29) is 24.4 Å². The van der Waals surface area contributed by atoms with Crippen molar-refractivity contribution in [2.75, 3.05) is 20.2 Å². The molecule has 0 spiro atoms. The maximum Gasteiger partial charge on any atom is 0.261 e. The van der Waals surface area contributed by atoms with Crippen LogP contribution in [0.25, 0.3) is 0 Å². The number of hydrogen-bond donors (Lipinski definition) is 1. The zero-order chi connectivity index (χ0) is 26.2. The van der Waals surface area contributed by atoms with Crippen LogP contribution in [0.2, 0.25) is 0 Å². The Morgan fingerprint density at radius 2 is 1.69 bits per heavy atom. The number of methoxy groups -OCH3 is 1. The second-order valence-electron chi connectivity index (χ2n) is 8.79. The number of carbonyl (C=O) groups is 2. The molecule has 1 heterocycles. The van der Waals surface area contributed by atoms with Crippen LogP contribution >= 0.6 is 0 Å². The van der Waals surface area contributed by atoms with Crippen molar-refractivity contribution in [2.24, 2.45) is 0 Å². The third kappa shape index (κ3) is 6.01. The largest absolute Gasteiger partial charge is 0.497 e. The van der Waals surface area contributed by atoms with Crippen molar-refractivity contribution in [3.63, 3.8) is 0 Å². The highest BCUT2D eigenvalue weighted by Gasteiger charge is 2.37. The lowest BCUT2D eigenvalue weighted by Gasteiger charge is -2.31. The zero-order valence-corrected chi connectivity index (χ0v) is 21.4. The van der Waals surface area contributed by atoms with Gasteiger partial charge >= 0.3 is 0 Å². The molecule has 190 valence electrons. The maximum atomic E-state index is 12.7. The maximum absolute atomic E-state index is 12.7. The van der Waals surface area contributed by atoms with E-state index in [9.17, 15) is 14.7 Å². The summed E-state index contributed by atoms with van der Waals surface area (Å²) in [6.07, 6.45) is 4.47. The summed E-state index contributed by atoms with van der Waals surface area (Å²) in [5.74, 6) is 0.0741.